The quantitative estimate of drug-likeness (QED) is 0.871. The van der Waals surface area contributed by atoms with Crippen molar-refractivity contribution in [3.63, 3.8) is 0 Å². The lowest BCUT2D eigenvalue weighted by atomic mass is 10.2. The van der Waals surface area contributed by atoms with Gasteiger partial charge in [0.1, 0.15) is 12.4 Å². The van der Waals surface area contributed by atoms with Crippen LogP contribution in [0, 0.1) is 6.92 Å². The molecule has 20 heavy (non-hydrogen) atoms. The molecule has 2 rings (SSSR count). The van der Waals surface area contributed by atoms with Gasteiger partial charge in [-0.05, 0) is 30.7 Å². The Morgan fingerprint density at radius 1 is 1.35 bits per heavy atom. The Kier molecular flexibility index (Phi) is 4.68. The molecular formula is C15H17N3O2. The van der Waals surface area contributed by atoms with Crippen LogP contribution in [0.2, 0.25) is 0 Å². The number of carbonyl (C=O) groups is 1. The molecule has 0 radical (unpaired) electrons. The van der Waals surface area contributed by atoms with Gasteiger partial charge in [0.05, 0.1) is 5.56 Å². The van der Waals surface area contributed by atoms with Crippen molar-refractivity contribution >= 4 is 11.6 Å². The Morgan fingerprint density at radius 2 is 2.20 bits per heavy atom. The van der Waals surface area contributed by atoms with E-state index in [1.165, 1.54) is 6.20 Å². The minimum Gasteiger partial charge on any atom is -0.492 e. The monoisotopic (exact) mass is 271 g/mol. The van der Waals surface area contributed by atoms with Gasteiger partial charge in [-0.15, -0.1) is 0 Å². The topological polar surface area (TPSA) is 77.2 Å². The summed E-state index contributed by atoms with van der Waals surface area (Å²) in [5.74, 6) is 0.479. The second-order valence-corrected chi connectivity index (χ2v) is 4.37. The van der Waals surface area contributed by atoms with Crippen LogP contribution in [0.25, 0.3) is 0 Å². The van der Waals surface area contributed by atoms with Gasteiger partial charge < -0.3 is 15.8 Å². The summed E-state index contributed by atoms with van der Waals surface area (Å²) in [5, 5.41) is 2.81. The molecule has 0 spiro atoms. The van der Waals surface area contributed by atoms with Crippen LogP contribution in [-0.2, 0) is 0 Å². The summed E-state index contributed by atoms with van der Waals surface area (Å²) >= 11 is 0. The molecular weight excluding hydrogens is 254 g/mol. The van der Waals surface area contributed by atoms with Crippen molar-refractivity contribution in [1.29, 1.82) is 0 Å². The molecule has 1 aromatic carbocycles. The van der Waals surface area contributed by atoms with Gasteiger partial charge in [0.25, 0.3) is 5.91 Å². The first-order valence-electron chi connectivity index (χ1n) is 6.35. The zero-order chi connectivity index (χ0) is 14.4. The number of ether oxygens (including phenoxy) is 1. The molecule has 1 heterocycles. The molecule has 0 unspecified atom stereocenters. The molecule has 0 bridgehead atoms. The molecule has 0 aliphatic carbocycles. The molecule has 0 aliphatic heterocycles. The molecule has 0 atom stereocenters. The Balaban J connectivity index is 2.07. The number of aromatic nitrogens is 1. The first-order valence-corrected chi connectivity index (χ1v) is 6.35. The third-order valence-electron chi connectivity index (χ3n) is 2.62. The van der Waals surface area contributed by atoms with Crippen molar-refractivity contribution in [2.75, 3.05) is 18.5 Å². The highest BCUT2D eigenvalue weighted by Crippen LogP contribution is 2.18. The Hall–Kier alpha value is -2.40. The van der Waals surface area contributed by atoms with Crippen molar-refractivity contribution in [2.45, 2.75) is 6.92 Å². The summed E-state index contributed by atoms with van der Waals surface area (Å²) in [6.45, 7) is 2.79. The third-order valence-corrected chi connectivity index (χ3v) is 2.62. The third kappa shape index (κ3) is 3.80. The van der Waals surface area contributed by atoms with E-state index >= 15 is 0 Å². The Labute approximate surface area is 117 Å². The van der Waals surface area contributed by atoms with E-state index in [2.05, 4.69) is 10.3 Å². The maximum Gasteiger partial charge on any atom is 0.257 e. The molecule has 0 fully saturated rings. The van der Waals surface area contributed by atoms with Crippen LogP contribution in [0.15, 0.2) is 42.7 Å². The molecule has 0 saturated heterocycles. The van der Waals surface area contributed by atoms with Gasteiger partial charge in [0, 0.05) is 30.7 Å². The van der Waals surface area contributed by atoms with Gasteiger partial charge in [-0.3, -0.25) is 9.78 Å². The number of carbonyl (C=O) groups excluding carboxylic acids is 1. The number of amides is 1. The highest BCUT2D eigenvalue weighted by molar-refractivity contribution is 6.04. The lowest BCUT2D eigenvalue weighted by molar-refractivity contribution is 0.102. The fourth-order valence-corrected chi connectivity index (χ4v) is 1.72. The minimum atomic E-state index is -0.197. The Bertz CT molecular complexity index is 599. The Morgan fingerprint density at radius 3 is 2.95 bits per heavy atom. The number of aryl methyl sites for hydroxylation is 1. The summed E-state index contributed by atoms with van der Waals surface area (Å²) in [5.41, 5.74) is 7.52. The van der Waals surface area contributed by atoms with E-state index in [9.17, 15) is 4.79 Å². The van der Waals surface area contributed by atoms with Crippen LogP contribution in [0.5, 0.6) is 5.75 Å². The molecule has 5 nitrogen and oxygen atoms in total. The second-order valence-electron chi connectivity index (χ2n) is 4.37. The van der Waals surface area contributed by atoms with Gasteiger partial charge in [0.2, 0.25) is 0 Å². The molecule has 104 valence electrons. The van der Waals surface area contributed by atoms with Crippen LogP contribution in [-0.4, -0.2) is 24.0 Å². The van der Waals surface area contributed by atoms with Crippen molar-refractivity contribution < 1.29 is 9.53 Å². The first kappa shape index (κ1) is 14.0. The van der Waals surface area contributed by atoms with Crippen LogP contribution in [0.1, 0.15) is 15.9 Å². The number of hydrogen-bond acceptors (Lipinski definition) is 4. The molecule has 5 heteroatoms. The zero-order valence-electron chi connectivity index (χ0n) is 11.3. The minimum absolute atomic E-state index is 0.197. The predicted molar refractivity (Wildman–Crippen MR) is 77.9 cm³/mol. The summed E-state index contributed by atoms with van der Waals surface area (Å²) in [6, 6.07) is 8.99. The van der Waals surface area contributed by atoms with Crippen molar-refractivity contribution in [1.82, 2.24) is 4.98 Å². The average molecular weight is 271 g/mol. The molecule has 0 saturated carbocycles. The lowest BCUT2D eigenvalue weighted by Crippen LogP contribution is -2.13. The van der Waals surface area contributed by atoms with Gasteiger partial charge in [-0.25, -0.2) is 0 Å². The van der Waals surface area contributed by atoms with Crippen LogP contribution >= 0.6 is 0 Å². The fourth-order valence-electron chi connectivity index (χ4n) is 1.72. The van der Waals surface area contributed by atoms with Gasteiger partial charge in [0.15, 0.2) is 0 Å². The molecule has 0 aliphatic rings. The SMILES string of the molecule is Cc1cncc(C(=O)Nc2cccc(OCCN)c2)c1. The molecule has 3 N–H and O–H groups in total. The van der Waals surface area contributed by atoms with E-state index < -0.39 is 0 Å². The smallest absolute Gasteiger partial charge is 0.257 e. The summed E-state index contributed by atoms with van der Waals surface area (Å²) in [6.07, 6.45) is 3.25. The van der Waals surface area contributed by atoms with Crippen molar-refractivity contribution in [2.24, 2.45) is 5.73 Å². The fraction of sp³-hybridized carbons (Fsp3) is 0.200. The maximum atomic E-state index is 12.1. The maximum absolute atomic E-state index is 12.1. The average Bonchev–Trinajstić information content (AvgIpc) is 2.45. The number of benzene rings is 1. The van der Waals surface area contributed by atoms with E-state index in [4.69, 9.17) is 10.5 Å². The van der Waals surface area contributed by atoms with E-state index in [1.807, 2.05) is 19.1 Å². The summed E-state index contributed by atoms with van der Waals surface area (Å²) < 4.78 is 5.41. The zero-order valence-corrected chi connectivity index (χ0v) is 11.3. The molecule has 1 amide bonds. The summed E-state index contributed by atoms with van der Waals surface area (Å²) in [7, 11) is 0. The highest BCUT2D eigenvalue weighted by Gasteiger charge is 2.07. The van der Waals surface area contributed by atoms with Crippen LogP contribution in [0.3, 0.4) is 0 Å². The van der Waals surface area contributed by atoms with Gasteiger partial charge in [-0.2, -0.15) is 0 Å². The number of pyridine rings is 1. The number of nitrogens with one attached hydrogen (secondary N) is 1. The van der Waals surface area contributed by atoms with Crippen molar-refractivity contribution in [3.05, 3.63) is 53.9 Å². The van der Waals surface area contributed by atoms with Crippen molar-refractivity contribution in [3.8, 4) is 5.75 Å². The van der Waals surface area contributed by atoms with Crippen LogP contribution < -0.4 is 15.8 Å². The van der Waals surface area contributed by atoms with E-state index in [-0.39, 0.29) is 5.91 Å². The summed E-state index contributed by atoms with van der Waals surface area (Å²) in [4.78, 5) is 16.1. The lowest BCUT2D eigenvalue weighted by Gasteiger charge is -2.08. The van der Waals surface area contributed by atoms with Crippen LogP contribution in [0.4, 0.5) is 5.69 Å². The van der Waals surface area contributed by atoms with E-state index in [0.717, 1.165) is 5.56 Å². The highest BCUT2D eigenvalue weighted by atomic mass is 16.5. The largest absolute Gasteiger partial charge is 0.492 e. The predicted octanol–water partition coefficient (Wildman–Crippen LogP) is 1.98. The standard InChI is InChI=1S/C15H17N3O2/c1-11-7-12(10-17-9-11)15(19)18-13-3-2-4-14(8-13)20-6-5-16/h2-4,7-10H,5-6,16H2,1H3,(H,18,19). The normalized spacial score (nSPS) is 10.1. The molecule has 2 aromatic rings. The number of nitrogens with two attached hydrogens (primary N) is 1. The second kappa shape index (κ2) is 6.68. The number of anilines is 1. The number of nitrogens with zero attached hydrogens (tertiary/aromatic N) is 1. The van der Waals surface area contributed by atoms with E-state index in [0.29, 0.717) is 30.2 Å². The number of hydrogen-bond donors (Lipinski definition) is 2. The van der Waals surface area contributed by atoms with E-state index in [1.54, 1.807) is 24.4 Å². The van der Waals surface area contributed by atoms with Gasteiger partial charge >= 0.3 is 0 Å². The molecule has 1 aromatic heterocycles. The van der Waals surface area contributed by atoms with Gasteiger partial charge in [-0.1, -0.05) is 6.07 Å². The first-order chi connectivity index (χ1) is 9.69. The number of rotatable bonds is 5.